The summed E-state index contributed by atoms with van der Waals surface area (Å²) in [5, 5.41) is 14.9. The van der Waals surface area contributed by atoms with E-state index in [1.165, 1.54) is 6.92 Å². The third kappa shape index (κ3) is 2.99. The van der Waals surface area contributed by atoms with Crippen LogP contribution in [-0.2, 0) is 10.0 Å². The first kappa shape index (κ1) is 14.9. The number of carboxylic acid groups (broad SMARTS) is 1. The Kier molecular flexibility index (Phi) is 3.64. The van der Waals surface area contributed by atoms with Crippen LogP contribution in [0.2, 0.25) is 0 Å². The van der Waals surface area contributed by atoms with E-state index >= 15 is 0 Å². The third-order valence-electron chi connectivity index (χ3n) is 2.59. The number of aromatic nitrogens is 3. The monoisotopic (exact) mass is 314 g/mol. The average molecular weight is 314 g/mol. The number of carbonyl (C=O) groups is 1. The summed E-state index contributed by atoms with van der Waals surface area (Å²) in [4.78, 5) is 14.3. The minimum atomic E-state index is -4.12. The van der Waals surface area contributed by atoms with Crippen molar-refractivity contribution in [2.24, 2.45) is 0 Å². The van der Waals surface area contributed by atoms with Crippen LogP contribution in [0.4, 0.5) is 10.3 Å². The number of carboxylic acids is 1. The van der Waals surface area contributed by atoms with Crippen molar-refractivity contribution >= 4 is 21.9 Å². The molecule has 0 radical (unpaired) electrons. The van der Waals surface area contributed by atoms with Gasteiger partial charge in [0, 0.05) is 0 Å². The van der Waals surface area contributed by atoms with Gasteiger partial charge in [-0.25, -0.2) is 22.3 Å². The van der Waals surface area contributed by atoms with Gasteiger partial charge in [0.05, 0.1) is 10.5 Å². The molecule has 0 unspecified atom stereocenters. The molecule has 10 heteroatoms. The maximum atomic E-state index is 13.6. The molecular formula is C11H11FN4O4S. The summed E-state index contributed by atoms with van der Waals surface area (Å²) in [6, 6.07) is 1.77. The van der Waals surface area contributed by atoms with E-state index in [0.717, 1.165) is 12.1 Å². The lowest BCUT2D eigenvalue weighted by molar-refractivity contribution is 0.0691. The Morgan fingerprint density at radius 3 is 2.57 bits per heavy atom. The number of rotatable bonds is 4. The van der Waals surface area contributed by atoms with Crippen LogP contribution in [-0.4, -0.2) is 34.7 Å². The average Bonchev–Trinajstić information content (AvgIpc) is 2.76. The van der Waals surface area contributed by atoms with Gasteiger partial charge in [-0.3, -0.25) is 5.10 Å². The summed E-state index contributed by atoms with van der Waals surface area (Å²) in [5.41, 5.74) is -0.817. The molecule has 0 bridgehead atoms. The number of aryl methyl sites for hydroxylation is 2. The lowest BCUT2D eigenvalue weighted by atomic mass is 10.1. The lowest BCUT2D eigenvalue weighted by Gasteiger charge is -2.08. The zero-order valence-corrected chi connectivity index (χ0v) is 11.8. The number of hydrogen-bond donors (Lipinski definition) is 3. The summed E-state index contributed by atoms with van der Waals surface area (Å²) in [5.74, 6) is -2.32. The number of halogens is 1. The molecule has 1 aromatic carbocycles. The Balaban J connectivity index is 2.47. The van der Waals surface area contributed by atoms with Crippen molar-refractivity contribution in [3.05, 3.63) is 34.9 Å². The molecule has 0 aliphatic carbocycles. The first-order valence-electron chi connectivity index (χ1n) is 5.66. The van der Waals surface area contributed by atoms with Gasteiger partial charge in [0.25, 0.3) is 16.0 Å². The van der Waals surface area contributed by atoms with Gasteiger partial charge < -0.3 is 5.11 Å². The molecule has 2 aromatic rings. The second-order valence-corrected chi connectivity index (χ2v) is 5.94. The second-order valence-electron chi connectivity index (χ2n) is 4.26. The van der Waals surface area contributed by atoms with Gasteiger partial charge in [0.15, 0.2) is 0 Å². The Bertz CT molecular complexity index is 816. The van der Waals surface area contributed by atoms with Crippen LogP contribution in [0.1, 0.15) is 21.7 Å². The summed E-state index contributed by atoms with van der Waals surface area (Å²) in [7, 11) is -4.12. The van der Waals surface area contributed by atoms with Crippen molar-refractivity contribution in [2.45, 2.75) is 18.7 Å². The molecule has 1 heterocycles. The van der Waals surface area contributed by atoms with E-state index in [9.17, 15) is 17.6 Å². The molecule has 0 aliphatic heterocycles. The number of hydrogen-bond acceptors (Lipinski definition) is 5. The molecule has 112 valence electrons. The van der Waals surface area contributed by atoms with Crippen LogP contribution in [0.3, 0.4) is 0 Å². The SMILES string of the molecule is Cc1nc(NS(=O)(=O)c2cc(C)c(F)c(C(=O)O)c2)n[nH]1. The van der Waals surface area contributed by atoms with Crippen molar-refractivity contribution in [1.29, 1.82) is 0 Å². The van der Waals surface area contributed by atoms with Crippen molar-refractivity contribution in [3.8, 4) is 0 Å². The topological polar surface area (TPSA) is 125 Å². The summed E-state index contributed by atoms with van der Waals surface area (Å²) in [6.45, 7) is 2.85. The fraction of sp³-hybridized carbons (Fsp3) is 0.182. The van der Waals surface area contributed by atoms with Crippen molar-refractivity contribution in [2.75, 3.05) is 4.72 Å². The molecule has 8 nitrogen and oxygen atoms in total. The van der Waals surface area contributed by atoms with Crippen molar-refractivity contribution in [1.82, 2.24) is 15.2 Å². The van der Waals surface area contributed by atoms with E-state index in [1.807, 2.05) is 0 Å². The third-order valence-corrected chi connectivity index (χ3v) is 3.90. The molecule has 0 amide bonds. The van der Waals surface area contributed by atoms with Gasteiger partial charge in [0.1, 0.15) is 11.6 Å². The molecule has 21 heavy (non-hydrogen) atoms. The maximum Gasteiger partial charge on any atom is 0.338 e. The largest absolute Gasteiger partial charge is 0.478 e. The molecule has 1 aromatic heterocycles. The molecule has 2 rings (SSSR count). The number of nitrogens with one attached hydrogen (secondary N) is 2. The smallest absolute Gasteiger partial charge is 0.338 e. The van der Waals surface area contributed by atoms with Gasteiger partial charge in [0.2, 0.25) is 0 Å². The fourth-order valence-corrected chi connectivity index (χ4v) is 2.67. The van der Waals surface area contributed by atoms with Crippen LogP contribution >= 0.6 is 0 Å². The van der Waals surface area contributed by atoms with Crippen molar-refractivity contribution < 1.29 is 22.7 Å². The molecule has 0 saturated carbocycles. The van der Waals surface area contributed by atoms with Crippen LogP contribution in [0.25, 0.3) is 0 Å². The zero-order chi connectivity index (χ0) is 15.8. The van der Waals surface area contributed by atoms with Gasteiger partial charge >= 0.3 is 5.97 Å². The number of anilines is 1. The van der Waals surface area contributed by atoms with Gasteiger partial charge in [-0.2, -0.15) is 4.98 Å². The highest BCUT2D eigenvalue weighted by molar-refractivity contribution is 7.92. The number of aromatic carboxylic acids is 1. The Morgan fingerprint density at radius 2 is 2.05 bits per heavy atom. The quantitative estimate of drug-likeness (QED) is 0.775. The van der Waals surface area contributed by atoms with Crippen molar-refractivity contribution in [3.63, 3.8) is 0 Å². The second kappa shape index (κ2) is 5.13. The first-order valence-corrected chi connectivity index (χ1v) is 7.14. The standard InChI is InChI=1S/C11H11FN4O4S/c1-5-3-7(4-8(9(5)12)10(17)18)21(19,20)16-11-13-6(2)14-15-11/h3-4H,1-2H3,(H,17,18)(H2,13,14,15,16). The normalized spacial score (nSPS) is 11.4. The highest BCUT2D eigenvalue weighted by Crippen LogP contribution is 2.21. The zero-order valence-electron chi connectivity index (χ0n) is 11.0. The minimum Gasteiger partial charge on any atom is -0.478 e. The molecule has 0 saturated heterocycles. The Hall–Kier alpha value is -2.49. The Labute approximate surface area is 119 Å². The lowest BCUT2D eigenvalue weighted by Crippen LogP contribution is -2.16. The summed E-state index contributed by atoms with van der Waals surface area (Å²) < 4.78 is 40.0. The van der Waals surface area contributed by atoms with Gasteiger partial charge in [-0.1, -0.05) is 0 Å². The molecule has 0 spiro atoms. The van der Waals surface area contributed by atoms with Gasteiger partial charge in [-0.15, -0.1) is 5.10 Å². The highest BCUT2D eigenvalue weighted by Gasteiger charge is 2.22. The molecular weight excluding hydrogens is 303 g/mol. The number of H-pyrrole nitrogens is 1. The summed E-state index contributed by atoms with van der Waals surface area (Å²) in [6.07, 6.45) is 0. The molecule has 3 N–H and O–H groups in total. The van der Waals surface area contributed by atoms with Crippen LogP contribution in [0.5, 0.6) is 0 Å². The van der Waals surface area contributed by atoms with E-state index in [1.54, 1.807) is 6.92 Å². The van der Waals surface area contributed by atoms with E-state index in [0.29, 0.717) is 5.82 Å². The van der Waals surface area contributed by atoms with E-state index in [4.69, 9.17) is 5.11 Å². The van der Waals surface area contributed by atoms with E-state index < -0.39 is 27.4 Å². The van der Waals surface area contributed by atoms with Crippen LogP contribution in [0, 0.1) is 19.7 Å². The van der Waals surface area contributed by atoms with E-state index in [-0.39, 0.29) is 16.4 Å². The number of nitrogens with zero attached hydrogens (tertiary/aromatic N) is 2. The maximum absolute atomic E-state index is 13.6. The molecule has 0 atom stereocenters. The number of aromatic amines is 1. The van der Waals surface area contributed by atoms with Crippen LogP contribution < -0.4 is 4.72 Å². The van der Waals surface area contributed by atoms with Gasteiger partial charge in [-0.05, 0) is 31.5 Å². The van der Waals surface area contributed by atoms with Crippen LogP contribution in [0.15, 0.2) is 17.0 Å². The first-order chi connectivity index (χ1) is 9.70. The predicted molar refractivity (Wildman–Crippen MR) is 70.0 cm³/mol. The Morgan fingerprint density at radius 1 is 1.38 bits per heavy atom. The highest BCUT2D eigenvalue weighted by atomic mass is 32.2. The fourth-order valence-electron chi connectivity index (χ4n) is 1.61. The molecule has 0 aliphatic rings. The number of sulfonamides is 1. The minimum absolute atomic E-state index is 0.0959. The number of benzene rings is 1. The van der Waals surface area contributed by atoms with E-state index in [2.05, 4.69) is 19.9 Å². The molecule has 0 fully saturated rings. The predicted octanol–water partition coefficient (Wildman–Crippen LogP) is 1.06. The summed E-state index contributed by atoms with van der Waals surface area (Å²) >= 11 is 0.